The zero-order valence-corrected chi connectivity index (χ0v) is 15.8. The van der Waals surface area contributed by atoms with Gasteiger partial charge < -0.3 is 20.5 Å². The molecule has 0 bridgehead atoms. The number of nitrogens with one attached hydrogen (secondary N) is 2. The summed E-state index contributed by atoms with van der Waals surface area (Å²) in [7, 11) is 1.60. The highest BCUT2D eigenvalue weighted by Gasteiger charge is 2.15. The van der Waals surface area contributed by atoms with Gasteiger partial charge in [0.25, 0.3) is 0 Å². The Morgan fingerprint density at radius 2 is 2.19 bits per heavy atom. The van der Waals surface area contributed by atoms with Crippen LogP contribution >= 0.6 is 11.6 Å². The van der Waals surface area contributed by atoms with Crippen LogP contribution in [-0.2, 0) is 6.54 Å². The van der Waals surface area contributed by atoms with Crippen molar-refractivity contribution < 1.29 is 9.84 Å². The number of methoxy groups -OCH3 is 1. The summed E-state index contributed by atoms with van der Waals surface area (Å²) in [5.41, 5.74) is 1.63. The van der Waals surface area contributed by atoms with Crippen LogP contribution in [-0.4, -0.2) is 38.6 Å². The number of aryl methyl sites for hydroxylation is 1. The van der Waals surface area contributed by atoms with Gasteiger partial charge in [0.15, 0.2) is 5.82 Å². The highest BCUT2D eigenvalue weighted by Crippen LogP contribution is 2.27. The third kappa shape index (κ3) is 4.66. The van der Waals surface area contributed by atoms with Crippen molar-refractivity contribution in [2.75, 3.05) is 24.4 Å². The van der Waals surface area contributed by atoms with Crippen LogP contribution in [0.4, 0.5) is 17.5 Å². The number of hydrogen-bond donors (Lipinski definition) is 3. The van der Waals surface area contributed by atoms with Crippen molar-refractivity contribution in [3.05, 3.63) is 53.4 Å². The van der Waals surface area contributed by atoms with Crippen LogP contribution in [0, 0.1) is 0 Å². The van der Waals surface area contributed by atoms with Gasteiger partial charge in [-0.2, -0.15) is 10.1 Å². The number of aromatic nitrogens is 4. The molecule has 2 heterocycles. The Labute approximate surface area is 162 Å². The van der Waals surface area contributed by atoms with Gasteiger partial charge in [-0.3, -0.25) is 4.68 Å². The van der Waals surface area contributed by atoms with E-state index in [2.05, 4.69) is 25.7 Å². The Morgan fingerprint density at radius 1 is 1.33 bits per heavy atom. The van der Waals surface area contributed by atoms with Crippen LogP contribution in [0.3, 0.4) is 0 Å². The minimum atomic E-state index is -0.400. The zero-order valence-electron chi connectivity index (χ0n) is 15.1. The van der Waals surface area contributed by atoms with Gasteiger partial charge in [0.1, 0.15) is 10.8 Å². The predicted molar refractivity (Wildman–Crippen MR) is 105 cm³/mol. The molecule has 3 aromatic rings. The highest BCUT2D eigenvalue weighted by atomic mass is 35.5. The molecule has 0 unspecified atom stereocenters. The molecule has 0 fully saturated rings. The summed E-state index contributed by atoms with van der Waals surface area (Å²) >= 11 is 6.23. The van der Waals surface area contributed by atoms with E-state index in [1.54, 1.807) is 18.0 Å². The lowest BCUT2D eigenvalue weighted by Gasteiger charge is -2.19. The minimum absolute atomic E-state index is 0.139. The van der Waals surface area contributed by atoms with Crippen LogP contribution in [0.2, 0.25) is 5.02 Å². The van der Waals surface area contributed by atoms with Crippen LogP contribution in [0.5, 0.6) is 5.75 Å². The summed E-state index contributed by atoms with van der Waals surface area (Å²) in [6.45, 7) is 2.64. The Bertz CT molecular complexity index is 901. The first kappa shape index (κ1) is 18.9. The number of ether oxygens (including phenoxy) is 1. The molecule has 0 aliphatic rings. The number of nitrogens with zero attached hydrogens (tertiary/aromatic N) is 4. The Morgan fingerprint density at radius 3 is 2.89 bits per heavy atom. The Balaban J connectivity index is 1.80. The SMILES string of the molecule is CCn1cc(Nc2ncc(Cl)c(N[C@H](CO)c3cccc(OC)c3)n2)cn1. The molecular weight excluding hydrogens is 368 g/mol. The maximum atomic E-state index is 9.81. The van der Waals surface area contributed by atoms with E-state index in [0.717, 1.165) is 17.8 Å². The van der Waals surface area contributed by atoms with E-state index in [9.17, 15) is 5.11 Å². The summed E-state index contributed by atoms with van der Waals surface area (Å²) in [6.07, 6.45) is 5.06. The van der Waals surface area contributed by atoms with E-state index in [-0.39, 0.29) is 6.61 Å². The topological polar surface area (TPSA) is 97.1 Å². The maximum Gasteiger partial charge on any atom is 0.229 e. The number of anilines is 3. The Kier molecular flexibility index (Phi) is 6.10. The third-order valence-electron chi connectivity index (χ3n) is 3.95. The maximum absolute atomic E-state index is 9.81. The van der Waals surface area contributed by atoms with Crippen molar-refractivity contribution in [3.63, 3.8) is 0 Å². The lowest BCUT2D eigenvalue weighted by Crippen LogP contribution is -2.16. The van der Waals surface area contributed by atoms with Crippen molar-refractivity contribution in [1.82, 2.24) is 19.7 Å². The molecule has 0 radical (unpaired) electrons. The number of halogens is 1. The minimum Gasteiger partial charge on any atom is -0.497 e. The molecule has 27 heavy (non-hydrogen) atoms. The third-order valence-corrected chi connectivity index (χ3v) is 4.22. The number of aliphatic hydroxyl groups excluding tert-OH is 1. The van der Waals surface area contributed by atoms with Crippen LogP contribution in [0.25, 0.3) is 0 Å². The monoisotopic (exact) mass is 388 g/mol. The van der Waals surface area contributed by atoms with E-state index in [0.29, 0.717) is 22.5 Å². The summed E-state index contributed by atoms with van der Waals surface area (Å²) in [5, 5.41) is 20.6. The van der Waals surface area contributed by atoms with Gasteiger partial charge in [-0.1, -0.05) is 23.7 Å². The van der Waals surface area contributed by atoms with Crippen LogP contribution in [0.15, 0.2) is 42.9 Å². The molecule has 0 spiro atoms. The number of benzene rings is 1. The molecule has 0 aliphatic heterocycles. The molecule has 2 aromatic heterocycles. The van der Waals surface area contributed by atoms with Gasteiger partial charge in [-0.25, -0.2) is 4.98 Å². The second-order valence-electron chi connectivity index (χ2n) is 5.76. The largest absolute Gasteiger partial charge is 0.497 e. The average Bonchev–Trinajstić information content (AvgIpc) is 3.16. The molecule has 0 aliphatic carbocycles. The van der Waals surface area contributed by atoms with E-state index in [1.165, 1.54) is 6.20 Å². The summed E-state index contributed by atoms with van der Waals surface area (Å²) in [4.78, 5) is 8.60. The zero-order chi connectivity index (χ0) is 19.2. The lowest BCUT2D eigenvalue weighted by atomic mass is 10.1. The fraction of sp³-hybridized carbons (Fsp3) is 0.278. The van der Waals surface area contributed by atoms with Crippen molar-refractivity contribution in [2.45, 2.75) is 19.5 Å². The van der Waals surface area contributed by atoms with E-state index < -0.39 is 6.04 Å². The summed E-state index contributed by atoms with van der Waals surface area (Å²) in [6, 6.07) is 7.04. The molecule has 0 saturated carbocycles. The van der Waals surface area contributed by atoms with Gasteiger partial charge in [0, 0.05) is 12.7 Å². The standard InChI is InChI=1S/C18H21ClN6O2/c1-3-25-10-13(8-21-25)22-18-20-9-15(19)17(24-18)23-16(11-26)12-5-4-6-14(7-12)27-2/h4-10,16,26H,3,11H2,1-2H3,(H2,20,22,23,24)/t16-/m1/s1. The second-order valence-corrected chi connectivity index (χ2v) is 6.16. The Hall–Kier alpha value is -2.84. The van der Waals surface area contributed by atoms with Crippen molar-refractivity contribution in [1.29, 1.82) is 0 Å². The highest BCUT2D eigenvalue weighted by molar-refractivity contribution is 6.32. The van der Waals surface area contributed by atoms with E-state index >= 15 is 0 Å². The first-order valence-corrected chi connectivity index (χ1v) is 8.84. The fourth-order valence-corrected chi connectivity index (χ4v) is 2.66. The number of hydrogen-bond acceptors (Lipinski definition) is 7. The van der Waals surface area contributed by atoms with Crippen molar-refractivity contribution >= 4 is 29.1 Å². The lowest BCUT2D eigenvalue weighted by molar-refractivity contribution is 0.276. The van der Waals surface area contributed by atoms with Gasteiger partial charge >= 0.3 is 0 Å². The molecule has 0 saturated heterocycles. The van der Waals surface area contributed by atoms with E-state index in [1.807, 2.05) is 37.4 Å². The first-order valence-electron chi connectivity index (χ1n) is 8.46. The molecule has 1 atom stereocenters. The van der Waals surface area contributed by atoms with E-state index in [4.69, 9.17) is 16.3 Å². The number of aliphatic hydroxyl groups is 1. The van der Waals surface area contributed by atoms with Crippen molar-refractivity contribution in [2.24, 2.45) is 0 Å². The van der Waals surface area contributed by atoms with Gasteiger partial charge in [0.05, 0.1) is 37.8 Å². The van der Waals surface area contributed by atoms with Crippen LogP contribution < -0.4 is 15.4 Å². The molecule has 142 valence electrons. The van der Waals surface area contributed by atoms with Gasteiger partial charge in [-0.05, 0) is 24.6 Å². The molecular formula is C18H21ClN6O2. The normalized spacial score (nSPS) is 11.9. The molecule has 8 nitrogen and oxygen atoms in total. The summed E-state index contributed by atoms with van der Waals surface area (Å²) < 4.78 is 7.03. The van der Waals surface area contributed by atoms with Crippen LogP contribution in [0.1, 0.15) is 18.5 Å². The number of rotatable bonds is 8. The molecule has 9 heteroatoms. The first-order chi connectivity index (χ1) is 13.1. The van der Waals surface area contributed by atoms with Crippen molar-refractivity contribution in [3.8, 4) is 5.75 Å². The van der Waals surface area contributed by atoms with Gasteiger partial charge in [-0.15, -0.1) is 0 Å². The summed E-state index contributed by atoms with van der Waals surface area (Å²) in [5.74, 6) is 1.50. The smallest absolute Gasteiger partial charge is 0.229 e. The average molecular weight is 389 g/mol. The molecule has 3 N–H and O–H groups in total. The fourth-order valence-electron chi connectivity index (χ4n) is 2.52. The molecule has 0 amide bonds. The molecule has 3 rings (SSSR count). The predicted octanol–water partition coefficient (Wildman–Crippen LogP) is 3.24. The quantitative estimate of drug-likeness (QED) is 0.545. The second kappa shape index (κ2) is 8.70. The van der Waals surface area contributed by atoms with Gasteiger partial charge in [0.2, 0.25) is 5.95 Å². The molecule has 1 aromatic carbocycles.